The third kappa shape index (κ3) is 4.17. The maximum Gasteiger partial charge on any atom is 0.270 e. The molecule has 5 heteroatoms. The zero-order valence-corrected chi connectivity index (χ0v) is 11.2. The zero-order chi connectivity index (χ0) is 13.1. The summed E-state index contributed by atoms with van der Waals surface area (Å²) in [6.45, 7) is 4.23. The van der Waals surface area contributed by atoms with Crippen molar-refractivity contribution in [3.63, 3.8) is 0 Å². The third-order valence-corrected chi connectivity index (χ3v) is 2.71. The van der Waals surface area contributed by atoms with E-state index in [1.807, 2.05) is 19.9 Å². The summed E-state index contributed by atoms with van der Waals surface area (Å²) in [6, 6.07) is 4.83. The summed E-state index contributed by atoms with van der Waals surface area (Å²) < 4.78 is 0.682. The summed E-state index contributed by atoms with van der Waals surface area (Å²) in [5, 5.41) is 13.8. The van der Waals surface area contributed by atoms with E-state index in [2.05, 4.69) is 27.2 Å². The number of hydrogen-bond acceptors (Lipinski definition) is 3. The number of nitro benzene ring substituents is 1. The fraction of sp³-hybridized carbons (Fsp3) is 0.333. The summed E-state index contributed by atoms with van der Waals surface area (Å²) >= 11 is 3.25. The number of benzene rings is 1. The molecule has 0 bridgehead atoms. The lowest BCUT2D eigenvalue weighted by molar-refractivity contribution is -0.385. The highest BCUT2D eigenvalue weighted by molar-refractivity contribution is 9.10. The highest BCUT2D eigenvalue weighted by Crippen LogP contribution is 2.21. The minimum absolute atomic E-state index is 0.0645. The van der Waals surface area contributed by atoms with Gasteiger partial charge in [0.25, 0.3) is 5.69 Å². The quantitative estimate of drug-likeness (QED) is 0.528. The molecule has 1 N–H and O–H groups in total. The number of halogens is 1. The molecular weight excluding hydrogens is 284 g/mol. The molecule has 0 radical (unpaired) electrons. The van der Waals surface area contributed by atoms with Crippen molar-refractivity contribution < 1.29 is 4.92 Å². The molecule has 4 nitrogen and oxygen atoms in total. The van der Waals surface area contributed by atoms with E-state index < -0.39 is 10.5 Å². The largest absolute Gasteiger partial charge is 0.298 e. The van der Waals surface area contributed by atoms with Gasteiger partial charge in [-0.25, -0.2) is 0 Å². The van der Waals surface area contributed by atoms with Gasteiger partial charge < -0.3 is 0 Å². The van der Waals surface area contributed by atoms with Crippen molar-refractivity contribution in [2.75, 3.05) is 0 Å². The van der Waals surface area contributed by atoms with Gasteiger partial charge in [0.15, 0.2) is 0 Å². The molecule has 0 spiro atoms. The monoisotopic (exact) mass is 296 g/mol. The number of nitro groups is 1. The fourth-order valence-corrected chi connectivity index (χ4v) is 1.74. The Morgan fingerprint density at radius 1 is 1.53 bits per heavy atom. The minimum Gasteiger partial charge on any atom is -0.298 e. The zero-order valence-electron chi connectivity index (χ0n) is 9.66. The van der Waals surface area contributed by atoms with E-state index in [9.17, 15) is 10.1 Å². The van der Waals surface area contributed by atoms with Crippen LogP contribution in [-0.4, -0.2) is 10.5 Å². The Bertz CT molecular complexity index is 478. The van der Waals surface area contributed by atoms with E-state index >= 15 is 0 Å². The van der Waals surface area contributed by atoms with Crippen LogP contribution in [0.2, 0.25) is 0 Å². The minimum atomic E-state index is -0.433. The van der Waals surface area contributed by atoms with Gasteiger partial charge in [0, 0.05) is 23.2 Å². The Balaban J connectivity index is 2.86. The summed E-state index contributed by atoms with van der Waals surface area (Å²) in [6.07, 6.45) is 5.35. The van der Waals surface area contributed by atoms with Crippen LogP contribution in [0.25, 0.3) is 0 Å². The van der Waals surface area contributed by atoms with Gasteiger partial charge >= 0.3 is 0 Å². The highest BCUT2D eigenvalue weighted by atomic mass is 79.9. The Labute approximate surface area is 109 Å². The van der Waals surface area contributed by atoms with Crippen LogP contribution in [0.3, 0.4) is 0 Å². The van der Waals surface area contributed by atoms with Crippen LogP contribution in [-0.2, 0) is 6.54 Å². The number of nitrogens with zero attached hydrogens (tertiary/aromatic N) is 1. The first-order valence-corrected chi connectivity index (χ1v) is 5.80. The van der Waals surface area contributed by atoms with E-state index in [1.165, 1.54) is 12.1 Å². The molecule has 0 fully saturated rings. The van der Waals surface area contributed by atoms with Crippen molar-refractivity contribution in [1.82, 2.24) is 5.32 Å². The molecule has 1 aromatic carbocycles. The molecule has 0 heterocycles. The molecule has 90 valence electrons. The first-order valence-electron chi connectivity index (χ1n) is 5.01. The predicted molar refractivity (Wildman–Crippen MR) is 70.5 cm³/mol. The predicted octanol–water partition coefficient (Wildman–Crippen LogP) is 2.86. The topological polar surface area (TPSA) is 55.2 Å². The van der Waals surface area contributed by atoms with E-state index in [0.717, 1.165) is 5.56 Å². The molecule has 0 aromatic heterocycles. The van der Waals surface area contributed by atoms with Crippen molar-refractivity contribution in [3.8, 4) is 12.3 Å². The second-order valence-corrected chi connectivity index (χ2v) is 5.11. The molecule has 0 atom stereocenters. The smallest absolute Gasteiger partial charge is 0.270 e. The molecule has 0 amide bonds. The lowest BCUT2D eigenvalue weighted by Crippen LogP contribution is -2.36. The number of terminal acetylenes is 1. The van der Waals surface area contributed by atoms with Gasteiger partial charge in [-0.15, -0.1) is 6.42 Å². The van der Waals surface area contributed by atoms with Crippen LogP contribution in [0.4, 0.5) is 5.69 Å². The molecule has 0 saturated carbocycles. The SMILES string of the molecule is C#CC(C)(C)NCc1cc(Br)cc([N+](=O)[O-])c1. The lowest BCUT2D eigenvalue weighted by atomic mass is 10.1. The molecule has 1 rings (SSSR count). The molecular formula is C12H13BrN2O2. The third-order valence-electron chi connectivity index (χ3n) is 2.25. The van der Waals surface area contributed by atoms with Crippen molar-refractivity contribution >= 4 is 21.6 Å². The van der Waals surface area contributed by atoms with Gasteiger partial charge in [0.05, 0.1) is 10.5 Å². The number of hydrogen-bond donors (Lipinski definition) is 1. The van der Waals surface area contributed by atoms with Gasteiger partial charge in [-0.3, -0.25) is 15.4 Å². The number of rotatable bonds is 4. The van der Waals surface area contributed by atoms with Gasteiger partial charge in [-0.2, -0.15) is 0 Å². The molecule has 0 unspecified atom stereocenters. The Morgan fingerprint density at radius 3 is 2.71 bits per heavy atom. The summed E-state index contributed by atoms with van der Waals surface area (Å²) in [4.78, 5) is 10.3. The van der Waals surface area contributed by atoms with E-state index in [-0.39, 0.29) is 5.69 Å². The average molecular weight is 297 g/mol. The van der Waals surface area contributed by atoms with Crippen molar-refractivity contribution in [2.24, 2.45) is 0 Å². The van der Waals surface area contributed by atoms with Crippen LogP contribution in [0, 0.1) is 22.5 Å². The van der Waals surface area contributed by atoms with Crippen LogP contribution in [0.1, 0.15) is 19.4 Å². The van der Waals surface area contributed by atoms with Crippen LogP contribution >= 0.6 is 15.9 Å². The average Bonchev–Trinajstić information content (AvgIpc) is 2.26. The molecule has 0 aliphatic rings. The van der Waals surface area contributed by atoms with Crippen LogP contribution in [0.5, 0.6) is 0 Å². The van der Waals surface area contributed by atoms with Crippen LogP contribution < -0.4 is 5.32 Å². The maximum atomic E-state index is 10.7. The number of non-ortho nitro benzene ring substituents is 1. The molecule has 0 aliphatic heterocycles. The van der Waals surface area contributed by atoms with Gasteiger partial charge in [0.1, 0.15) is 0 Å². The molecule has 1 aromatic rings. The highest BCUT2D eigenvalue weighted by Gasteiger charge is 2.14. The van der Waals surface area contributed by atoms with E-state index in [4.69, 9.17) is 6.42 Å². The Hall–Kier alpha value is -1.38. The Kier molecular flexibility index (Phi) is 4.27. The van der Waals surface area contributed by atoms with Crippen molar-refractivity contribution in [2.45, 2.75) is 25.9 Å². The first-order chi connectivity index (χ1) is 7.84. The molecule has 17 heavy (non-hydrogen) atoms. The summed E-state index contributed by atoms with van der Waals surface area (Å²) in [5.74, 6) is 2.61. The van der Waals surface area contributed by atoms with Crippen molar-refractivity contribution in [1.29, 1.82) is 0 Å². The van der Waals surface area contributed by atoms with Gasteiger partial charge in [-0.05, 0) is 25.5 Å². The second-order valence-electron chi connectivity index (χ2n) is 4.20. The number of nitrogens with one attached hydrogen (secondary N) is 1. The summed E-state index contributed by atoms with van der Waals surface area (Å²) in [5.41, 5.74) is 0.445. The van der Waals surface area contributed by atoms with E-state index in [1.54, 1.807) is 0 Å². The van der Waals surface area contributed by atoms with Gasteiger partial charge in [0.2, 0.25) is 0 Å². The van der Waals surface area contributed by atoms with Gasteiger partial charge in [-0.1, -0.05) is 21.9 Å². The van der Waals surface area contributed by atoms with E-state index in [0.29, 0.717) is 11.0 Å². The first kappa shape index (κ1) is 13.7. The maximum absolute atomic E-state index is 10.7. The standard InChI is InChI=1S/C12H13BrN2O2/c1-4-12(2,3)14-8-9-5-10(13)7-11(6-9)15(16)17/h1,5-7,14H,8H2,2-3H3. The fourth-order valence-electron chi connectivity index (χ4n) is 1.21. The van der Waals surface area contributed by atoms with Crippen LogP contribution in [0.15, 0.2) is 22.7 Å². The Morgan fingerprint density at radius 2 is 2.18 bits per heavy atom. The van der Waals surface area contributed by atoms with Crippen molar-refractivity contribution in [3.05, 3.63) is 38.3 Å². The lowest BCUT2D eigenvalue weighted by Gasteiger charge is -2.19. The summed E-state index contributed by atoms with van der Waals surface area (Å²) in [7, 11) is 0. The second kappa shape index (κ2) is 5.30. The molecule has 0 saturated heterocycles. The normalized spacial score (nSPS) is 10.9. The molecule has 0 aliphatic carbocycles.